The minimum absolute atomic E-state index is 0.0692. The van der Waals surface area contributed by atoms with Crippen LogP contribution in [-0.4, -0.2) is 28.1 Å². The number of alkyl halides is 1. The van der Waals surface area contributed by atoms with E-state index in [1.165, 1.54) is 13.0 Å². The van der Waals surface area contributed by atoms with Crippen LogP contribution in [-0.2, 0) is 0 Å². The number of benzene rings is 1. The molecule has 2 nitrogen and oxygen atoms in total. The average molecular weight is 248 g/mol. The van der Waals surface area contributed by atoms with Crippen LogP contribution >= 0.6 is 0 Å². The summed E-state index contributed by atoms with van der Waals surface area (Å²) in [5.74, 6) is 0. The molecule has 0 aliphatic heterocycles. The zero-order valence-corrected chi connectivity index (χ0v) is 10.3. The number of hydrogen-bond acceptors (Lipinski definition) is 2. The number of rotatable bonds is 3. The Morgan fingerprint density at radius 3 is 2.39 bits per heavy atom. The summed E-state index contributed by atoms with van der Waals surface area (Å²) in [7, 11) is 0. The van der Waals surface area contributed by atoms with Gasteiger partial charge in [0.15, 0.2) is 5.67 Å². The fourth-order valence-corrected chi connectivity index (χ4v) is 2.10. The quantitative estimate of drug-likeness (QED) is 0.862. The van der Waals surface area contributed by atoms with Gasteiger partial charge in [0.05, 0.1) is 6.10 Å². The molecule has 0 spiro atoms. The number of aliphatic hydroxyl groups excluding tert-OH is 2. The van der Waals surface area contributed by atoms with E-state index in [0.29, 0.717) is 0 Å². The van der Waals surface area contributed by atoms with E-state index in [1.54, 1.807) is 12.2 Å². The van der Waals surface area contributed by atoms with E-state index in [-0.39, 0.29) is 6.42 Å². The molecule has 0 heterocycles. The maximum Gasteiger partial charge on any atom is 0.161 e. The second-order valence-electron chi connectivity index (χ2n) is 4.68. The molecule has 96 valence electrons. The highest BCUT2D eigenvalue weighted by Gasteiger charge is 2.38. The SMILES string of the molecule is CC(O)C(O)C1(F)C=CC(c2ccccc2)=CC1. The third-order valence-electron chi connectivity index (χ3n) is 3.23. The summed E-state index contributed by atoms with van der Waals surface area (Å²) >= 11 is 0. The van der Waals surface area contributed by atoms with E-state index < -0.39 is 17.9 Å². The van der Waals surface area contributed by atoms with Crippen molar-refractivity contribution in [2.75, 3.05) is 0 Å². The second kappa shape index (κ2) is 5.04. The topological polar surface area (TPSA) is 40.5 Å². The molecule has 0 saturated carbocycles. The molecule has 0 aromatic heterocycles. The summed E-state index contributed by atoms with van der Waals surface area (Å²) in [5.41, 5.74) is 0.0657. The zero-order valence-electron chi connectivity index (χ0n) is 10.3. The number of halogens is 1. The molecule has 0 bridgehead atoms. The van der Waals surface area contributed by atoms with E-state index in [4.69, 9.17) is 0 Å². The van der Waals surface area contributed by atoms with Crippen molar-refractivity contribution in [1.29, 1.82) is 0 Å². The highest BCUT2D eigenvalue weighted by atomic mass is 19.1. The van der Waals surface area contributed by atoms with Crippen LogP contribution in [0.2, 0.25) is 0 Å². The Morgan fingerprint density at radius 1 is 1.22 bits per heavy atom. The van der Waals surface area contributed by atoms with Gasteiger partial charge < -0.3 is 10.2 Å². The van der Waals surface area contributed by atoms with Crippen molar-refractivity contribution < 1.29 is 14.6 Å². The molecular weight excluding hydrogens is 231 g/mol. The molecule has 1 aliphatic carbocycles. The third kappa shape index (κ3) is 2.52. The van der Waals surface area contributed by atoms with Crippen LogP contribution in [0.5, 0.6) is 0 Å². The van der Waals surface area contributed by atoms with Gasteiger partial charge in [-0.05, 0) is 24.1 Å². The Labute approximate surface area is 106 Å². The zero-order chi connectivity index (χ0) is 13.2. The Balaban J connectivity index is 2.17. The van der Waals surface area contributed by atoms with Crippen molar-refractivity contribution in [2.24, 2.45) is 0 Å². The minimum Gasteiger partial charge on any atom is -0.391 e. The first-order valence-corrected chi connectivity index (χ1v) is 6.03. The smallest absolute Gasteiger partial charge is 0.161 e. The molecule has 0 amide bonds. The van der Waals surface area contributed by atoms with Gasteiger partial charge in [0.1, 0.15) is 6.10 Å². The molecule has 1 aliphatic rings. The molecule has 3 heteroatoms. The lowest BCUT2D eigenvalue weighted by Crippen LogP contribution is -2.43. The molecule has 3 atom stereocenters. The normalized spacial score (nSPS) is 26.6. The van der Waals surface area contributed by atoms with E-state index in [1.807, 2.05) is 30.3 Å². The lowest BCUT2D eigenvalue weighted by atomic mass is 9.85. The molecule has 18 heavy (non-hydrogen) atoms. The van der Waals surface area contributed by atoms with E-state index >= 15 is 0 Å². The van der Waals surface area contributed by atoms with Gasteiger partial charge in [-0.2, -0.15) is 0 Å². The van der Waals surface area contributed by atoms with Crippen molar-refractivity contribution >= 4 is 5.57 Å². The monoisotopic (exact) mass is 248 g/mol. The van der Waals surface area contributed by atoms with Gasteiger partial charge in [-0.3, -0.25) is 0 Å². The predicted molar refractivity (Wildman–Crippen MR) is 69.7 cm³/mol. The highest BCUT2D eigenvalue weighted by Crippen LogP contribution is 2.33. The fraction of sp³-hybridized carbons (Fsp3) is 0.333. The van der Waals surface area contributed by atoms with Gasteiger partial charge in [0.25, 0.3) is 0 Å². The van der Waals surface area contributed by atoms with E-state index in [0.717, 1.165) is 11.1 Å². The standard InChI is InChI=1S/C15H17FO2/c1-11(17)14(18)15(16)9-7-13(8-10-15)12-5-3-2-4-6-12/h2-9,11,14,17-18H,10H2,1H3. The third-order valence-corrected chi connectivity index (χ3v) is 3.23. The number of aliphatic hydroxyl groups is 2. The first-order chi connectivity index (χ1) is 8.53. The van der Waals surface area contributed by atoms with Crippen LogP contribution in [0.15, 0.2) is 48.6 Å². The second-order valence-corrected chi connectivity index (χ2v) is 4.68. The Bertz CT molecular complexity index is 465. The molecule has 0 saturated heterocycles. The summed E-state index contributed by atoms with van der Waals surface area (Å²) < 4.78 is 14.4. The molecule has 3 unspecified atom stereocenters. The fourth-order valence-electron chi connectivity index (χ4n) is 2.10. The Morgan fingerprint density at radius 2 is 1.89 bits per heavy atom. The molecule has 2 N–H and O–H groups in total. The molecule has 1 aromatic carbocycles. The van der Waals surface area contributed by atoms with Gasteiger partial charge in [-0.15, -0.1) is 0 Å². The molecule has 0 fully saturated rings. The summed E-state index contributed by atoms with van der Waals surface area (Å²) in [6.07, 6.45) is 2.33. The van der Waals surface area contributed by atoms with Gasteiger partial charge in [-0.25, -0.2) is 4.39 Å². The Kier molecular flexibility index (Phi) is 3.64. The Hall–Kier alpha value is -1.45. The van der Waals surface area contributed by atoms with Crippen LogP contribution in [0.25, 0.3) is 5.57 Å². The first kappa shape index (κ1) is 13.0. The van der Waals surface area contributed by atoms with E-state index in [9.17, 15) is 14.6 Å². The van der Waals surface area contributed by atoms with Crippen molar-refractivity contribution in [2.45, 2.75) is 31.2 Å². The predicted octanol–water partition coefficient (Wildman–Crippen LogP) is 2.48. The lowest BCUT2D eigenvalue weighted by Gasteiger charge is -2.30. The minimum atomic E-state index is -1.88. The summed E-state index contributed by atoms with van der Waals surface area (Å²) in [5, 5.41) is 18.9. The first-order valence-electron chi connectivity index (χ1n) is 6.03. The van der Waals surface area contributed by atoms with Crippen LogP contribution < -0.4 is 0 Å². The van der Waals surface area contributed by atoms with Crippen molar-refractivity contribution in [3.63, 3.8) is 0 Å². The van der Waals surface area contributed by atoms with Crippen LogP contribution in [0.3, 0.4) is 0 Å². The highest BCUT2D eigenvalue weighted by molar-refractivity contribution is 5.75. The largest absolute Gasteiger partial charge is 0.391 e. The number of hydrogen-bond donors (Lipinski definition) is 2. The van der Waals surface area contributed by atoms with E-state index in [2.05, 4.69) is 0 Å². The van der Waals surface area contributed by atoms with Crippen LogP contribution in [0.1, 0.15) is 18.9 Å². The van der Waals surface area contributed by atoms with Crippen LogP contribution in [0.4, 0.5) is 4.39 Å². The summed E-state index contributed by atoms with van der Waals surface area (Å²) in [6, 6.07) is 9.67. The molecule has 2 rings (SSSR count). The van der Waals surface area contributed by atoms with Gasteiger partial charge >= 0.3 is 0 Å². The molecule has 1 aromatic rings. The average Bonchev–Trinajstić information content (AvgIpc) is 2.39. The van der Waals surface area contributed by atoms with Gasteiger partial charge in [-0.1, -0.05) is 42.5 Å². The van der Waals surface area contributed by atoms with Gasteiger partial charge in [0, 0.05) is 6.42 Å². The van der Waals surface area contributed by atoms with Crippen molar-refractivity contribution in [3.8, 4) is 0 Å². The molecule has 0 radical (unpaired) electrons. The lowest BCUT2D eigenvalue weighted by molar-refractivity contribution is -0.0518. The maximum atomic E-state index is 14.4. The maximum absolute atomic E-state index is 14.4. The summed E-state index contributed by atoms with van der Waals surface area (Å²) in [6.45, 7) is 1.39. The van der Waals surface area contributed by atoms with Gasteiger partial charge in [0.2, 0.25) is 0 Å². The van der Waals surface area contributed by atoms with Crippen molar-refractivity contribution in [1.82, 2.24) is 0 Å². The van der Waals surface area contributed by atoms with Crippen LogP contribution in [0, 0.1) is 0 Å². The number of allylic oxidation sites excluding steroid dienone is 3. The molecular formula is C15H17FO2. The summed E-state index contributed by atoms with van der Waals surface area (Å²) in [4.78, 5) is 0. The van der Waals surface area contributed by atoms with Crippen molar-refractivity contribution in [3.05, 3.63) is 54.1 Å².